The van der Waals surface area contributed by atoms with Crippen LogP contribution in [0.3, 0.4) is 0 Å². The number of fused-ring (bicyclic) bond motifs is 2. The molecule has 8 heteroatoms. The average Bonchev–Trinajstić information content (AvgIpc) is 2.74. The summed E-state index contributed by atoms with van der Waals surface area (Å²) in [4.78, 5) is 14.3. The topological polar surface area (TPSA) is 54.5 Å². The van der Waals surface area contributed by atoms with E-state index >= 15 is 0 Å². The van der Waals surface area contributed by atoms with Crippen LogP contribution < -0.4 is 0 Å². The van der Waals surface area contributed by atoms with Crippen molar-refractivity contribution in [1.29, 1.82) is 0 Å². The lowest BCUT2D eigenvalue weighted by molar-refractivity contribution is -0.137. The Balaban J connectivity index is 1.85. The SMILES string of the molecule is CS(=O)(=O)C1CC2CCC(C1)N2C(=O)c1cccc(C(F)(F)F)c1. The van der Waals surface area contributed by atoms with Gasteiger partial charge < -0.3 is 4.90 Å². The number of carbonyl (C=O) groups excluding carboxylic acids is 1. The van der Waals surface area contributed by atoms with Crippen molar-refractivity contribution in [3.63, 3.8) is 0 Å². The third-order valence-corrected chi connectivity index (χ3v) is 6.56. The van der Waals surface area contributed by atoms with Crippen molar-refractivity contribution < 1.29 is 26.4 Å². The molecule has 1 aromatic rings. The number of hydrogen-bond acceptors (Lipinski definition) is 3. The molecule has 0 radical (unpaired) electrons. The van der Waals surface area contributed by atoms with Gasteiger partial charge in [0.1, 0.15) is 9.84 Å². The first-order chi connectivity index (χ1) is 11.1. The van der Waals surface area contributed by atoms with Crippen molar-refractivity contribution in [3.8, 4) is 0 Å². The molecule has 132 valence electrons. The largest absolute Gasteiger partial charge is 0.416 e. The first-order valence-corrected chi connectivity index (χ1v) is 9.71. The molecule has 2 aliphatic rings. The minimum Gasteiger partial charge on any atom is -0.333 e. The van der Waals surface area contributed by atoms with Crippen LogP contribution >= 0.6 is 0 Å². The Morgan fingerprint density at radius 2 is 1.75 bits per heavy atom. The van der Waals surface area contributed by atoms with Gasteiger partial charge in [-0.3, -0.25) is 4.79 Å². The van der Waals surface area contributed by atoms with E-state index in [2.05, 4.69) is 0 Å². The van der Waals surface area contributed by atoms with Gasteiger partial charge in [-0.05, 0) is 43.9 Å². The van der Waals surface area contributed by atoms with Crippen molar-refractivity contribution in [1.82, 2.24) is 4.90 Å². The normalized spacial score (nSPS) is 27.3. The van der Waals surface area contributed by atoms with Gasteiger partial charge in [0.15, 0.2) is 0 Å². The first-order valence-electron chi connectivity index (χ1n) is 7.76. The minimum atomic E-state index is -4.50. The molecule has 24 heavy (non-hydrogen) atoms. The molecule has 0 aliphatic carbocycles. The lowest BCUT2D eigenvalue weighted by atomic mass is 10.00. The molecule has 3 rings (SSSR count). The van der Waals surface area contributed by atoms with E-state index in [0.717, 1.165) is 12.1 Å². The molecule has 2 saturated heterocycles. The average molecular weight is 361 g/mol. The number of rotatable bonds is 2. The van der Waals surface area contributed by atoms with Gasteiger partial charge in [-0.25, -0.2) is 8.42 Å². The van der Waals surface area contributed by atoms with E-state index in [9.17, 15) is 26.4 Å². The van der Waals surface area contributed by atoms with E-state index in [0.29, 0.717) is 25.7 Å². The molecule has 2 bridgehead atoms. The zero-order valence-electron chi connectivity index (χ0n) is 13.1. The fraction of sp³-hybridized carbons (Fsp3) is 0.562. The summed E-state index contributed by atoms with van der Waals surface area (Å²) in [5, 5.41) is -0.472. The Morgan fingerprint density at radius 1 is 1.17 bits per heavy atom. The van der Waals surface area contributed by atoms with Crippen molar-refractivity contribution >= 4 is 15.7 Å². The summed E-state index contributed by atoms with van der Waals surface area (Å²) in [5.74, 6) is -0.444. The third kappa shape index (κ3) is 3.16. The molecule has 0 saturated carbocycles. The molecule has 2 unspecified atom stereocenters. The van der Waals surface area contributed by atoms with Crippen molar-refractivity contribution in [2.24, 2.45) is 0 Å². The summed E-state index contributed by atoms with van der Waals surface area (Å²) in [5.41, 5.74) is -0.855. The smallest absolute Gasteiger partial charge is 0.333 e. The van der Waals surface area contributed by atoms with E-state index in [1.165, 1.54) is 18.4 Å². The summed E-state index contributed by atoms with van der Waals surface area (Å²) in [6.07, 6.45) is -1.19. The van der Waals surface area contributed by atoms with Crippen LogP contribution in [0.5, 0.6) is 0 Å². The Morgan fingerprint density at radius 3 is 2.25 bits per heavy atom. The maximum atomic E-state index is 12.8. The quantitative estimate of drug-likeness (QED) is 0.814. The summed E-state index contributed by atoms with van der Waals surface area (Å²) in [6.45, 7) is 0. The number of alkyl halides is 3. The van der Waals surface area contributed by atoms with E-state index in [4.69, 9.17) is 0 Å². The number of benzene rings is 1. The molecule has 0 N–H and O–H groups in total. The summed E-state index contributed by atoms with van der Waals surface area (Å²) >= 11 is 0. The van der Waals surface area contributed by atoms with Crippen LogP contribution in [-0.4, -0.2) is 42.8 Å². The molecule has 2 aliphatic heterocycles. The zero-order chi connectivity index (χ0) is 17.7. The second kappa shape index (κ2) is 5.75. The van der Waals surface area contributed by atoms with Gasteiger partial charge in [0.05, 0.1) is 10.8 Å². The standard InChI is InChI=1S/C16H18F3NO3S/c1-24(22,23)14-8-12-5-6-13(9-14)20(12)15(21)10-3-2-4-11(7-10)16(17,18)19/h2-4,7,12-14H,5-6,8-9H2,1H3. The monoisotopic (exact) mass is 361 g/mol. The fourth-order valence-electron chi connectivity index (χ4n) is 3.79. The van der Waals surface area contributed by atoms with Crippen LogP contribution in [0.1, 0.15) is 41.6 Å². The zero-order valence-corrected chi connectivity index (χ0v) is 13.9. The molecule has 4 nitrogen and oxygen atoms in total. The Hall–Kier alpha value is -1.57. The van der Waals surface area contributed by atoms with Crippen LogP contribution in [0.4, 0.5) is 13.2 Å². The number of amides is 1. The Bertz CT molecular complexity index is 746. The van der Waals surface area contributed by atoms with E-state index < -0.39 is 32.7 Å². The number of sulfone groups is 1. The van der Waals surface area contributed by atoms with Gasteiger partial charge in [0.25, 0.3) is 5.91 Å². The molecule has 0 aromatic heterocycles. The molecule has 2 fully saturated rings. The van der Waals surface area contributed by atoms with E-state index in [1.807, 2.05) is 0 Å². The number of hydrogen-bond donors (Lipinski definition) is 0. The number of nitrogens with zero attached hydrogens (tertiary/aromatic N) is 1. The summed E-state index contributed by atoms with van der Waals surface area (Å²) in [7, 11) is -3.18. The summed E-state index contributed by atoms with van der Waals surface area (Å²) < 4.78 is 62.0. The third-order valence-electron chi connectivity index (χ3n) is 4.97. The molecular formula is C16H18F3NO3S. The van der Waals surface area contributed by atoms with Gasteiger partial charge in [-0.15, -0.1) is 0 Å². The maximum absolute atomic E-state index is 12.8. The minimum absolute atomic E-state index is 0.000435. The van der Waals surface area contributed by atoms with Crippen LogP contribution in [0, 0.1) is 0 Å². The number of halogens is 3. The van der Waals surface area contributed by atoms with Crippen molar-refractivity contribution in [2.75, 3.05) is 6.26 Å². The van der Waals surface area contributed by atoms with Crippen molar-refractivity contribution in [3.05, 3.63) is 35.4 Å². The highest BCUT2D eigenvalue weighted by molar-refractivity contribution is 7.91. The van der Waals surface area contributed by atoms with Gasteiger partial charge in [0.2, 0.25) is 0 Å². The highest BCUT2D eigenvalue weighted by Gasteiger charge is 2.46. The highest BCUT2D eigenvalue weighted by atomic mass is 32.2. The molecular weight excluding hydrogens is 343 g/mol. The second-order valence-electron chi connectivity index (χ2n) is 6.60. The number of piperidine rings is 1. The second-order valence-corrected chi connectivity index (χ2v) is 8.92. The fourth-order valence-corrected chi connectivity index (χ4v) is 4.93. The van der Waals surface area contributed by atoms with Crippen LogP contribution in [0.15, 0.2) is 24.3 Å². The Labute approximate surface area is 138 Å². The maximum Gasteiger partial charge on any atom is 0.416 e. The predicted octanol–water partition coefficient (Wildman–Crippen LogP) is 2.89. The molecule has 2 atom stereocenters. The summed E-state index contributed by atoms with van der Waals surface area (Å²) in [6, 6.07) is 3.96. The molecule has 1 amide bonds. The molecule has 2 heterocycles. The molecule has 1 aromatic carbocycles. The van der Waals surface area contributed by atoms with Gasteiger partial charge >= 0.3 is 6.18 Å². The van der Waals surface area contributed by atoms with Crippen LogP contribution in [0.2, 0.25) is 0 Å². The predicted molar refractivity (Wildman–Crippen MR) is 82.3 cm³/mol. The van der Waals surface area contributed by atoms with E-state index in [-0.39, 0.29) is 17.6 Å². The van der Waals surface area contributed by atoms with Crippen molar-refractivity contribution in [2.45, 2.75) is 49.2 Å². The Kier molecular flexibility index (Phi) is 4.14. The highest BCUT2D eigenvalue weighted by Crippen LogP contribution is 2.39. The number of carbonyl (C=O) groups is 1. The lowest BCUT2D eigenvalue weighted by Gasteiger charge is -2.38. The van der Waals surface area contributed by atoms with Gasteiger partial charge in [-0.2, -0.15) is 13.2 Å². The first kappa shape index (κ1) is 17.3. The van der Waals surface area contributed by atoms with Gasteiger partial charge in [-0.1, -0.05) is 6.07 Å². The van der Waals surface area contributed by atoms with Crippen LogP contribution in [-0.2, 0) is 16.0 Å². The molecule has 0 spiro atoms. The van der Waals surface area contributed by atoms with Crippen LogP contribution in [0.25, 0.3) is 0 Å². The van der Waals surface area contributed by atoms with E-state index in [1.54, 1.807) is 4.90 Å². The van der Waals surface area contributed by atoms with Gasteiger partial charge in [0, 0.05) is 23.9 Å². The lowest BCUT2D eigenvalue weighted by Crippen LogP contribution is -2.49.